The molecule has 1 amide bonds. The van der Waals surface area contributed by atoms with E-state index in [1.807, 2.05) is 33.7 Å². The Kier molecular flexibility index (Phi) is 4.18. The number of rotatable bonds is 4. The van der Waals surface area contributed by atoms with Gasteiger partial charge >= 0.3 is 0 Å². The third-order valence-electron chi connectivity index (χ3n) is 4.22. The van der Waals surface area contributed by atoms with Crippen molar-refractivity contribution in [2.24, 2.45) is 0 Å². The minimum absolute atomic E-state index is 0.287. The molecule has 1 atom stereocenters. The lowest BCUT2D eigenvalue weighted by Crippen LogP contribution is -2.39. The Morgan fingerprint density at radius 1 is 1.38 bits per heavy atom. The topological polar surface area (TPSA) is 50.5 Å². The molecule has 1 unspecified atom stereocenters. The van der Waals surface area contributed by atoms with Gasteiger partial charge < -0.3 is 4.90 Å². The number of pyridine rings is 1. The standard InChI is InChI=1S/C16H22N4O/c1-2-3-9-15(21)19-10-6-7-13(12-19)16-18-17-14-8-4-5-11-20(14)16/h4-5,8,11,13H,2-3,6-7,9-10,12H2,1H3. The summed E-state index contributed by atoms with van der Waals surface area (Å²) in [5, 5.41) is 8.57. The maximum atomic E-state index is 12.2. The van der Waals surface area contributed by atoms with Gasteiger partial charge in [-0.25, -0.2) is 0 Å². The number of piperidine rings is 1. The van der Waals surface area contributed by atoms with E-state index in [1.165, 1.54) is 0 Å². The van der Waals surface area contributed by atoms with Gasteiger partial charge in [0.25, 0.3) is 0 Å². The van der Waals surface area contributed by atoms with Gasteiger partial charge in [0.15, 0.2) is 5.65 Å². The van der Waals surface area contributed by atoms with Crippen molar-refractivity contribution in [2.45, 2.75) is 44.9 Å². The SMILES string of the molecule is CCCCC(=O)N1CCCC(c2nnc3ccccn23)C1. The molecule has 1 fully saturated rings. The summed E-state index contributed by atoms with van der Waals surface area (Å²) < 4.78 is 2.05. The molecule has 0 N–H and O–H groups in total. The predicted molar refractivity (Wildman–Crippen MR) is 81.1 cm³/mol. The Hall–Kier alpha value is -1.91. The first-order valence-corrected chi connectivity index (χ1v) is 7.87. The molecule has 0 aliphatic carbocycles. The summed E-state index contributed by atoms with van der Waals surface area (Å²) in [5.74, 6) is 1.57. The zero-order chi connectivity index (χ0) is 14.7. The highest BCUT2D eigenvalue weighted by molar-refractivity contribution is 5.76. The minimum Gasteiger partial charge on any atom is -0.342 e. The molecule has 0 aromatic carbocycles. The zero-order valence-electron chi connectivity index (χ0n) is 12.5. The molecule has 2 aromatic heterocycles. The fourth-order valence-corrected chi connectivity index (χ4v) is 3.04. The molecule has 3 heterocycles. The lowest BCUT2D eigenvalue weighted by molar-refractivity contribution is -0.132. The summed E-state index contributed by atoms with van der Waals surface area (Å²) in [6, 6.07) is 5.92. The van der Waals surface area contributed by atoms with Crippen molar-refractivity contribution in [3.63, 3.8) is 0 Å². The number of amides is 1. The Bertz CT molecular complexity index is 622. The van der Waals surface area contributed by atoms with E-state index in [-0.39, 0.29) is 5.91 Å². The summed E-state index contributed by atoms with van der Waals surface area (Å²) in [4.78, 5) is 14.2. The van der Waals surface area contributed by atoms with Crippen molar-refractivity contribution in [3.8, 4) is 0 Å². The number of carbonyl (C=O) groups is 1. The van der Waals surface area contributed by atoms with E-state index in [2.05, 4.69) is 17.1 Å². The van der Waals surface area contributed by atoms with Crippen molar-refractivity contribution in [1.82, 2.24) is 19.5 Å². The predicted octanol–water partition coefficient (Wildman–Crippen LogP) is 2.63. The Balaban J connectivity index is 1.75. The molecule has 0 saturated carbocycles. The second kappa shape index (κ2) is 6.24. The van der Waals surface area contributed by atoms with E-state index in [1.54, 1.807) is 0 Å². The van der Waals surface area contributed by atoms with Crippen LogP contribution in [-0.4, -0.2) is 38.5 Å². The zero-order valence-corrected chi connectivity index (χ0v) is 12.5. The van der Waals surface area contributed by atoms with E-state index in [4.69, 9.17) is 0 Å². The van der Waals surface area contributed by atoms with E-state index >= 15 is 0 Å². The van der Waals surface area contributed by atoms with Crippen LogP contribution >= 0.6 is 0 Å². The first kappa shape index (κ1) is 14.0. The normalized spacial score (nSPS) is 19.1. The monoisotopic (exact) mass is 286 g/mol. The van der Waals surface area contributed by atoms with Gasteiger partial charge in [-0.15, -0.1) is 10.2 Å². The van der Waals surface area contributed by atoms with Crippen LogP contribution in [0.5, 0.6) is 0 Å². The van der Waals surface area contributed by atoms with E-state index in [9.17, 15) is 4.79 Å². The summed E-state index contributed by atoms with van der Waals surface area (Å²) in [7, 11) is 0. The molecule has 21 heavy (non-hydrogen) atoms. The number of hydrogen-bond acceptors (Lipinski definition) is 3. The van der Waals surface area contributed by atoms with Crippen molar-refractivity contribution in [1.29, 1.82) is 0 Å². The fourth-order valence-electron chi connectivity index (χ4n) is 3.04. The van der Waals surface area contributed by atoms with Crippen LogP contribution in [0.25, 0.3) is 5.65 Å². The number of unbranched alkanes of at least 4 members (excludes halogenated alkanes) is 1. The second-order valence-electron chi connectivity index (χ2n) is 5.77. The second-order valence-corrected chi connectivity index (χ2v) is 5.77. The van der Waals surface area contributed by atoms with Crippen LogP contribution in [0.4, 0.5) is 0 Å². The fraction of sp³-hybridized carbons (Fsp3) is 0.562. The maximum Gasteiger partial charge on any atom is 0.222 e. The molecule has 0 bridgehead atoms. The van der Waals surface area contributed by atoms with Gasteiger partial charge in [-0.2, -0.15) is 0 Å². The third-order valence-corrected chi connectivity index (χ3v) is 4.22. The van der Waals surface area contributed by atoms with Crippen LogP contribution in [0.15, 0.2) is 24.4 Å². The van der Waals surface area contributed by atoms with Gasteiger partial charge in [0, 0.05) is 31.6 Å². The van der Waals surface area contributed by atoms with Crippen molar-refractivity contribution < 1.29 is 4.79 Å². The summed E-state index contributed by atoms with van der Waals surface area (Å²) in [6.45, 7) is 3.78. The highest BCUT2D eigenvalue weighted by Crippen LogP contribution is 2.26. The molecule has 112 valence electrons. The molecule has 5 nitrogen and oxygen atoms in total. The van der Waals surface area contributed by atoms with Gasteiger partial charge in [-0.1, -0.05) is 19.4 Å². The average molecular weight is 286 g/mol. The largest absolute Gasteiger partial charge is 0.342 e. The van der Waals surface area contributed by atoms with Crippen molar-refractivity contribution >= 4 is 11.6 Å². The lowest BCUT2D eigenvalue weighted by atomic mass is 9.96. The van der Waals surface area contributed by atoms with Crippen LogP contribution in [-0.2, 0) is 4.79 Å². The van der Waals surface area contributed by atoms with Gasteiger partial charge in [-0.3, -0.25) is 9.20 Å². The first-order valence-electron chi connectivity index (χ1n) is 7.87. The van der Waals surface area contributed by atoms with Gasteiger partial charge in [0.1, 0.15) is 5.82 Å². The minimum atomic E-state index is 0.287. The Morgan fingerprint density at radius 3 is 3.14 bits per heavy atom. The van der Waals surface area contributed by atoms with Crippen LogP contribution in [0, 0.1) is 0 Å². The molecular formula is C16H22N4O. The average Bonchev–Trinajstić information content (AvgIpc) is 2.97. The van der Waals surface area contributed by atoms with E-state index in [0.717, 1.165) is 50.2 Å². The van der Waals surface area contributed by atoms with Crippen LogP contribution in [0.2, 0.25) is 0 Å². The molecule has 1 aliphatic heterocycles. The highest BCUT2D eigenvalue weighted by atomic mass is 16.2. The quantitative estimate of drug-likeness (QED) is 0.868. The molecule has 0 radical (unpaired) electrons. The number of fused-ring (bicyclic) bond motifs is 1. The number of aromatic nitrogens is 3. The summed E-state index contributed by atoms with van der Waals surface area (Å²) in [5.41, 5.74) is 0.877. The molecule has 0 spiro atoms. The Morgan fingerprint density at radius 2 is 2.29 bits per heavy atom. The van der Waals surface area contributed by atoms with Gasteiger partial charge in [-0.05, 0) is 31.4 Å². The smallest absolute Gasteiger partial charge is 0.222 e. The molecule has 5 heteroatoms. The number of nitrogens with zero attached hydrogens (tertiary/aromatic N) is 4. The summed E-state index contributed by atoms with van der Waals surface area (Å²) in [6.07, 6.45) is 6.84. The van der Waals surface area contributed by atoms with Crippen LogP contribution < -0.4 is 0 Å². The molecule has 1 saturated heterocycles. The Labute approximate surface area is 125 Å². The maximum absolute atomic E-state index is 12.2. The number of carbonyl (C=O) groups excluding carboxylic acids is 1. The third kappa shape index (κ3) is 2.91. The first-order chi connectivity index (χ1) is 10.3. The van der Waals surface area contributed by atoms with Crippen molar-refractivity contribution in [2.75, 3.05) is 13.1 Å². The van der Waals surface area contributed by atoms with Crippen LogP contribution in [0.1, 0.15) is 50.8 Å². The molecule has 1 aliphatic rings. The van der Waals surface area contributed by atoms with Crippen LogP contribution in [0.3, 0.4) is 0 Å². The van der Waals surface area contributed by atoms with Gasteiger partial charge in [0.2, 0.25) is 5.91 Å². The van der Waals surface area contributed by atoms with Gasteiger partial charge in [0.05, 0.1) is 0 Å². The molecular weight excluding hydrogens is 264 g/mol. The molecule has 3 rings (SSSR count). The lowest BCUT2D eigenvalue weighted by Gasteiger charge is -2.32. The summed E-state index contributed by atoms with van der Waals surface area (Å²) >= 11 is 0. The highest BCUT2D eigenvalue weighted by Gasteiger charge is 2.27. The van der Waals surface area contributed by atoms with E-state index in [0.29, 0.717) is 12.3 Å². The number of hydrogen-bond donors (Lipinski definition) is 0. The molecule has 2 aromatic rings. The van der Waals surface area contributed by atoms with Crippen molar-refractivity contribution in [3.05, 3.63) is 30.2 Å². The van der Waals surface area contributed by atoms with E-state index < -0.39 is 0 Å². The number of likely N-dealkylation sites (tertiary alicyclic amines) is 1.